The molecule has 0 aliphatic carbocycles. The molecule has 0 radical (unpaired) electrons. The van der Waals surface area contributed by atoms with Gasteiger partial charge in [0.25, 0.3) is 0 Å². The summed E-state index contributed by atoms with van der Waals surface area (Å²) >= 11 is 0. The molecule has 0 saturated carbocycles. The molecule has 0 fully saturated rings. The Bertz CT molecular complexity index is 440. The lowest BCUT2D eigenvalue weighted by atomic mass is 10.1. The maximum Gasteiger partial charge on any atom is 0.239 e. The summed E-state index contributed by atoms with van der Waals surface area (Å²) in [5, 5.41) is 9.68. The van der Waals surface area contributed by atoms with E-state index in [2.05, 4.69) is 0 Å². The van der Waals surface area contributed by atoms with E-state index in [1.165, 1.54) is 7.11 Å². The Morgan fingerprint density at radius 2 is 2.15 bits per heavy atom. The lowest BCUT2D eigenvalue weighted by Gasteiger charge is -2.21. The lowest BCUT2D eigenvalue weighted by molar-refractivity contribution is -0.132. The van der Waals surface area contributed by atoms with Crippen LogP contribution in [-0.4, -0.2) is 36.1 Å². The zero-order valence-corrected chi connectivity index (χ0v) is 12.9. The quantitative estimate of drug-likeness (QED) is 0.841. The second-order valence-corrected chi connectivity index (χ2v) is 4.60. The van der Waals surface area contributed by atoms with Crippen molar-refractivity contribution in [3.63, 3.8) is 0 Å². The number of likely N-dealkylation sites (N-methyl/N-ethyl adjacent to an activating group) is 1. The Hall–Kier alpha value is -1.46. The number of ether oxygens (including phenoxy) is 1. The van der Waals surface area contributed by atoms with E-state index in [0.29, 0.717) is 18.7 Å². The Kier molecular flexibility index (Phi) is 8.03. The molecule has 5 nitrogen and oxygen atoms in total. The van der Waals surface area contributed by atoms with Gasteiger partial charge in [-0.15, -0.1) is 12.4 Å². The van der Waals surface area contributed by atoms with Gasteiger partial charge in [-0.05, 0) is 24.1 Å². The maximum absolute atomic E-state index is 12.0. The van der Waals surface area contributed by atoms with Crippen molar-refractivity contribution < 1.29 is 14.6 Å². The van der Waals surface area contributed by atoms with E-state index in [1.807, 2.05) is 13.0 Å². The standard InChI is InChI=1S/C14H22N2O3.ClH/c1-4-5-11(15)14(18)16(2)9-10-6-7-13(19-3)12(17)8-10;/h6-8,11,17H,4-5,9,15H2,1-3H3;1H. The van der Waals surface area contributed by atoms with Gasteiger partial charge in [-0.1, -0.05) is 19.4 Å². The zero-order chi connectivity index (χ0) is 14.4. The fourth-order valence-corrected chi connectivity index (χ4v) is 1.90. The van der Waals surface area contributed by atoms with Crippen LogP contribution in [0.4, 0.5) is 0 Å². The molecule has 6 heteroatoms. The third-order valence-corrected chi connectivity index (χ3v) is 2.96. The predicted molar refractivity (Wildman–Crippen MR) is 81.3 cm³/mol. The predicted octanol–water partition coefficient (Wildman–Crippen LogP) is 1.91. The van der Waals surface area contributed by atoms with Crippen molar-refractivity contribution in [3.8, 4) is 11.5 Å². The molecule has 0 heterocycles. The van der Waals surface area contributed by atoms with Crippen LogP contribution in [0.5, 0.6) is 11.5 Å². The number of carbonyl (C=O) groups excluding carboxylic acids is 1. The van der Waals surface area contributed by atoms with Gasteiger partial charge in [-0.3, -0.25) is 4.79 Å². The molecule has 20 heavy (non-hydrogen) atoms. The number of halogens is 1. The fraction of sp³-hybridized carbons (Fsp3) is 0.500. The number of carbonyl (C=O) groups is 1. The number of benzene rings is 1. The summed E-state index contributed by atoms with van der Waals surface area (Å²) in [5.74, 6) is 0.399. The van der Waals surface area contributed by atoms with E-state index in [9.17, 15) is 9.90 Å². The molecule has 1 rings (SSSR count). The highest BCUT2D eigenvalue weighted by Gasteiger charge is 2.17. The van der Waals surface area contributed by atoms with Crippen molar-refractivity contribution in [2.45, 2.75) is 32.4 Å². The second-order valence-electron chi connectivity index (χ2n) is 4.60. The molecular weight excluding hydrogens is 280 g/mol. The normalized spacial score (nSPS) is 11.4. The average molecular weight is 303 g/mol. The molecule has 114 valence electrons. The van der Waals surface area contributed by atoms with Crippen LogP contribution in [-0.2, 0) is 11.3 Å². The first-order valence-corrected chi connectivity index (χ1v) is 6.36. The van der Waals surface area contributed by atoms with E-state index < -0.39 is 6.04 Å². The van der Waals surface area contributed by atoms with E-state index >= 15 is 0 Å². The number of phenols is 1. The Morgan fingerprint density at radius 3 is 2.65 bits per heavy atom. The maximum atomic E-state index is 12.0. The van der Waals surface area contributed by atoms with Crippen LogP contribution in [0.3, 0.4) is 0 Å². The van der Waals surface area contributed by atoms with Gasteiger partial charge < -0.3 is 20.5 Å². The number of nitrogens with two attached hydrogens (primary N) is 1. The summed E-state index contributed by atoms with van der Waals surface area (Å²) < 4.78 is 4.97. The largest absolute Gasteiger partial charge is 0.504 e. The summed E-state index contributed by atoms with van der Waals surface area (Å²) in [4.78, 5) is 13.5. The molecule has 0 spiro atoms. The summed E-state index contributed by atoms with van der Waals surface area (Å²) in [6.45, 7) is 2.41. The molecule has 1 atom stereocenters. The van der Waals surface area contributed by atoms with E-state index in [1.54, 1.807) is 24.1 Å². The number of aromatic hydroxyl groups is 1. The second kappa shape index (κ2) is 8.66. The summed E-state index contributed by atoms with van der Waals surface area (Å²) in [7, 11) is 3.20. The van der Waals surface area contributed by atoms with Crippen molar-refractivity contribution in [3.05, 3.63) is 23.8 Å². The first-order valence-electron chi connectivity index (χ1n) is 6.36. The minimum absolute atomic E-state index is 0. The van der Waals surface area contributed by atoms with Crippen molar-refractivity contribution in [1.29, 1.82) is 0 Å². The number of methoxy groups -OCH3 is 1. The van der Waals surface area contributed by atoms with Gasteiger partial charge in [0.05, 0.1) is 13.2 Å². The van der Waals surface area contributed by atoms with Gasteiger partial charge >= 0.3 is 0 Å². The number of hydrogen-bond acceptors (Lipinski definition) is 4. The van der Waals surface area contributed by atoms with Crippen LogP contribution in [0.25, 0.3) is 0 Å². The van der Waals surface area contributed by atoms with Gasteiger partial charge in [0.15, 0.2) is 11.5 Å². The molecule has 1 amide bonds. The van der Waals surface area contributed by atoms with E-state index in [4.69, 9.17) is 10.5 Å². The molecule has 0 bridgehead atoms. The summed E-state index contributed by atoms with van der Waals surface area (Å²) in [6, 6.07) is 4.62. The third kappa shape index (κ3) is 4.90. The lowest BCUT2D eigenvalue weighted by Crippen LogP contribution is -2.41. The Balaban J connectivity index is 0.00000361. The average Bonchev–Trinajstić information content (AvgIpc) is 2.38. The van der Waals surface area contributed by atoms with Gasteiger partial charge in [0, 0.05) is 13.6 Å². The van der Waals surface area contributed by atoms with Crippen LogP contribution in [0, 0.1) is 0 Å². The van der Waals surface area contributed by atoms with Gasteiger partial charge in [-0.2, -0.15) is 0 Å². The van der Waals surface area contributed by atoms with E-state index in [-0.39, 0.29) is 24.1 Å². The van der Waals surface area contributed by atoms with Crippen molar-refractivity contribution in [2.24, 2.45) is 5.73 Å². The first-order chi connectivity index (χ1) is 8.99. The van der Waals surface area contributed by atoms with Crippen molar-refractivity contribution in [2.75, 3.05) is 14.2 Å². The summed E-state index contributed by atoms with van der Waals surface area (Å²) in [6.07, 6.45) is 1.56. The molecule has 1 unspecified atom stereocenters. The van der Waals surface area contributed by atoms with Gasteiger partial charge in [-0.25, -0.2) is 0 Å². The highest BCUT2D eigenvalue weighted by Crippen LogP contribution is 2.26. The molecular formula is C14H23ClN2O3. The smallest absolute Gasteiger partial charge is 0.239 e. The first kappa shape index (κ1) is 18.5. The Labute approximate surface area is 126 Å². The monoisotopic (exact) mass is 302 g/mol. The molecule has 0 aliphatic rings. The Morgan fingerprint density at radius 1 is 1.50 bits per heavy atom. The fourth-order valence-electron chi connectivity index (χ4n) is 1.90. The minimum atomic E-state index is -0.457. The number of hydrogen-bond donors (Lipinski definition) is 2. The van der Waals surface area contributed by atoms with Gasteiger partial charge in [0.2, 0.25) is 5.91 Å². The van der Waals surface area contributed by atoms with Crippen molar-refractivity contribution in [1.82, 2.24) is 4.90 Å². The molecule has 1 aromatic carbocycles. The number of phenolic OH excluding ortho intramolecular Hbond substituents is 1. The van der Waals surface area contributed by atoms with Crippen LogP contribution in [0.15, 0.2) is 18.2 Å². The molecule has 0 saturated heterocycles. The van der Waals surface area contributed by atoms with Crippen LogP contribution >= 0.6 is 12.4 Å². The molecule has 0 aromatic heterocycles. The van der Waals surface area contributed by atoms with Gasteiger partial charge in [0.1, 0.15) is 0 Å². The van der Waals surface area contributed by atoms with Crippen LogP contribution in [0.1, 0.15) is 25.3 Å². The van der Waals surface area contributed by atoms with E-state index in [0.717, 1.165) is 12.0 Å². The highest BCUT2D eigenvalue weighted by molar-refractivity contribution is 5.85. The number of rotatable bonds is 6. The SMILES string of the molecule is CCCC(N)C(=O)N(C)Cc1ccc(OC)c(O)c1.Cl. The minimum Gasteiger partial charge on any atom is -0.504 e. The zero-order valence-electron chi connectivity index (χ0n) is 12.1. The molecule has 1 aromatic rings. The third-order valence-electron chi connectivity index (χ3n) is 2.96. The number of amides is 1. The number of nitrogens with zero attached hydrogens (tertiary/aromatic N) is 1. The topological polar surface area (TPSA) is 75.8 Å². The van der Waals surface area contributed by atoms with Crippen LogP contribution < -0.4 is 10.5 Å². The van der Waals surface area contributed by atoms with Crippen LogP contribution in [0.2, 0.25) is 0 Å². The molecule has 3 N–H and O–H groups in total. The van der Waals surface area contributed by atoms with Crippen molar-refractivity contribution >= 4 is 18.3 Å². The molecule has 0 aliphatic heterocycles. The summed E-state index contributed by atoms with van der Waals surface area (Å²) in [5.41, 5.74) is 6.63. The highest BCUT2D eigenvalue weighted by atomic mass is 35.5.